The van der Waals surface area contributed by atoms with Crippen LogP contribution in [0.3, 0.4) is 0 Å². The topological polar surface area (TPSA) is 77.8 Å². The lowest BCUT2D eigenvalue weighted by molar-refractivity contribution is -0.132. The van der Waals surface area contributed by atoms with Crippen LogP contribution in [0.5, 0.6) is 5.75 Å². The van der Waals surface area contributed by atoms with Gasteiger partial charge in [0.1, 0.15) is 11.5 Å². The van der Waals surface area contributed by atoms with Gasteiger partial charge in [0.25, 0.3) is 11.7 Å². The highest BCUT2D eigenvalue weighted by molar-refractivity contribution is 6.51. The second-order valence-electron chi connectivity index (χ2n) is 7.83. The van der Waals surface area contributed by atoms with Crippen molar-refractivity contribution in [2.24, 2.45) is 0 Å². The van der Waals surface area contributed by atoms with E-state index in [-0.39, 0.29) is 17.1 Å². The number of aliphatic hydroxyl groups is 1. The number of hydrogen-bond donors (Lipinski definition) is 2. The molecule has 0 bridgehead atoms. The highest BCUT2D eigenvalue weighted by Crippen LogP contribution is 2.42. The summed E-state index contributed by atoms with van der Waals surface area (Å²) in [5.41, 5.74) is 3.92. The Morgan fingerprint density at radius 1 is 0.812 bits per heavy atom. The lowest BCUT2D eigenvalue weighted by Gasteiger charge is -2.25. The third-order valence-electron chi connectivity index (χ3n) is 5.91. The third kappa shape index (κ3) is 3.78. The summed E-state index contributed by atoms with van der Waals surface area (Å²) in [6.45, 7) is 4.08. The number of hydrogen-bond acceptors (Lipinski definition) is 4. The highest BCUT2D eigenvalue weighted by Gasteiger charge is 2.46. The predicted octanol–water partition coefficient (Wildman–Crippen LogP) is 5.14. The van der Waals surface area contributed by atoms with Crippen LogP contribution in [0.2, 0.25) is 0 Å². The molecule has 1 amide bonds. The van der Waals surface area contributed by atoms with Gasteiger partial charge in [-0.25, -0.2) is 0 Å². The number of amides is 1. The smallest absolute Gasteiger partial charge is 0.300 e. The number of aryl methyl sites for hydroxylation is 2. The maximum atomic E-state index is 13.1. The van der Waals surface area contributed by atoms with Gasteiger partial charge in [0.2, 0.25) is 0 Å². The fraction of sp³-hybridized carbons (Fsp3) is 0.185. The van der Waals surface area contributed by atoms with E-state index in [4.69, 9.17) is 0 Å². The van der Waals surface area contributed by atoms with Gasteiger partial charge in [-0.1, -0.05) is 62.4 Å². The largest absolute Gasteiger partial charge is 0.508 e. The Kier molecular flexibility index (Phi) is 5.82. The summed E-state index contributed by atoms with van der Waals surface area (Å²) in [6.07, 6.45) is 1.71. The van der Waals surface area contributed by atoms with E-state index in [0.717, 1.165) is 24.0 Å². The molecular formula is C27H25NO4. The van der Waals surface area contributed by atoms with Crippen LogP contribution < -0.4 is 4.90 Å². The molecule has 1 saturated heterocycles. The van der Waals surface area contributed by atoms with E-state index in [1.807, 2.05) is 50.2 Å². The van der Waals surface area contributed by atoms with Gasteiger partial charge in [0, 0.05) is 11.3 Å². The van der Waals surface area contributed by atoms with Crippen molar-refractivity contribution in [3.63, 3.8) is 0 Å². The number of carbonyl (C=O) groups excluding carboxylic acids is 2. The van der Waals surface area contributed by atoms with E-state index >= 15 is 0 Å². The van der Waals surface area contributed by atoms with Crippen molar-refractivity contribution < 1.29 is 19.8 Å². The maximum absolute atomic E-state index is 13.1. The van der Waals surface area contributed by atoms with Gasteiger partial charge >= 0.3 is 0 Å². The third-order valence-corrected chi connectivity index (χ3v) is 5.91. The minimum atomic E-state index is -0.811. The number of anilines is 1. The molecule has 3 aromatic rings. The molecule has 0 radical (unpaired) electrons. The summed E-state index contributed by atoms with van der Waals surface area (Å²) in [4.78, 5) is 27.7. The van der Waals surface area contributed by atoms with Crippen molar-refractivity contribution in [2.45, 2.75) is 32.7 Å². The second kappa shape index (κ2) is 8.71. The average Bonchev–Trinajstić information content (AvgIpc) is 3.09. The first-order chi connectivity index (χ1) is 15.4. The lowest BCUT2D eigenvalue weighted by atomic mass is 9.94. The molecule has 1 atom stereocenters. The molecule has 1 unspecified atom stereocenters. The molecule has 0 saturated carbocycles. The summed E-state index contributed by atoms with van der Waals surface area (Å²) < 4.78 is 0. The Balaban J connectivity index is 1.89. The van der Waals surface area contributed by atoms with E-state index < -0.39 is 17.7 Å². The molecule has 1 fully saturated rings. The molecule has 1 heterocycles. The van der Waals surface area contributed by atoms with Crippen molar-refractivity contribution in [1.29, 1.82) is 0 Å². The monoisotopic (exact) mass is 427 g/mol. The van der Waals surface area contributed by atoms with Gasteiger partial charge in [-0.15, -0.1) is 0 Å². The molecule has 0 aromatic heterocycles. The first-order valence-electron chi connectivity index (χ1n) is 10.7. The fourth-order valence-electron chi connectivity index (χ4n) is 4.02. The molecule has 2 N–H and O–H groups in total. The summed E-state index contributed by atoms with van der Waals surface area (Å²) in [5.74, 6) is -1.57. The van der Waals surface area contributed by atoms with Crippen LogP contribution in [-0.4, -0.2) is 21.9 Å². The number of rotatable bonds is 5. The van der Waals surface area contributed by atoms with Gasteiger partial charge in [-0.2, -0.15) is 0 Å². The number of Topliss-reactive ketones (excluding diaryl/α,β-unsaturated/α-hetero) is 1. The van der Waals surface area contributed by atoms with Crippen LogP contribution in [-0.2, 0) is 22.4 Å². The average molecular weight is 428 g/mol. The SMILES string of the molecule is CCc1ccc(/C(O)=C2\C(=O)C(=O)N(c3ccc(CC)cc3)C2c2ccc(O)cc2)cc1. The zero-order chi connectivity index (χ0) is 22.8. The minimum absolute atomic E-state index is 0.0320. The van der Waals surface area contributed by atoms with Crippen LogP contribution in [0.1, 0.15) is 42.1 Å². The molecule has 1 aliphatic heterocycles. The van der Waals surface area contributed by atoms with Crippen molar-refractivity contribution >= 4 is 23.1 Å². The Hall–Kier alpha value is -3.86. The molecule has 5 heteroatoms. The van der Waals surface area contributed by atoms with Gasteiger partial charge in [0.15, 0.2) is 0 Å². The zero-order valence-electron chi connectivity index (χ0n) is 18.1. The van der Waals surface area contributed by atoms with Gasteiger partial charge < -0.3 is 10.2 Å². The van der Waals surface area contributed by atoms with Crippen LogP contribution in [0, 0.1) is 0 Å². The van der Waals surface area contributed by atoms with Crippen LogP contribution in [0.25, 0.3) is 5.76 Å². The Morgan fingerprint density at radius 2 is 1.34 bits per heavy atom. The number of phenols is 1. The lowest BCUT2D eigenvalue weighted by Crippen LogP contribution is -2.29. The molecule has 162 valence electrons. The standard InChI is InChI=1S/C27H25NO4/c1-3-17-5-9-20(10-6-17)25(30)23-24(19-11-15-22(29)16-12-19)28(27(32)26(23)31)21-13-7-18(4-2)8-14-21/h5-16,24,29-30H,3-4H2,1-2H3/b25-23+. The van der Waals surface area contributed by atoms with Gasteiger partial charge in [-0.3, -0.25) is 14.5 Å². The zero-order valence-corrected chi connectivity index (χ0v) is 18.1. The number of nitrogens with zero attached hydrogens (tertiary/aromatic N) is 1. The van der Waals surface area contributed by atoms with E-state index in [0.29, 0.717) is 16.8 Å². The molecule has 1 aliphatic rings. The first kappa shape index (κ1) is 21.4. The summed E-state index contributed by atoms with van der Waals surface area (Å²) in [7, 11) is 0. The first-order valence-corrected chi connectivity index (χ1v) is 10.7. The fourth-order valence-corrected chi connectivity index (χ4v) is 4.02. The van der Waals surface area contributed by atoms with Crippen molar-refractivity contribution in [1.82, 2.24) is 0 Å². The normalized spacial score (nSPS) is 17.7. The molecular weight excluding hydrogens is 402 g/mol. The molecule has 0 aliphatic carbocycles. The molecule has 0 spiro atoms. The molecule has 3 aromatic carbocycles. The number of ketones is 1. The van der Waals surface area contributed by atoms with Crippen LogP contribution in [0.15, 0.2) is 78.4 Å². The van der Waals surface area contributed by atoms with Crippen molar-refractivity contribution in [3.8, 4) is 5.75 Å². The predicted molar refractivity (Wildman–Crippen MR) is 125 cm³/mol. The van der Waals surface area contributed by atoms with Gasteiger partial charge in [-0.05, 0) is 53.8 Å². The van der Waals surface area contributed by atoms with E-state index in [1.165, 1.54) is 17.0 Å². The Bertz CT molecular complexity index is 1180. The Morgan fingerprint density at radius 3 is 1.88 bits per heavy atom. The maximum Gasteiger partial charge on any atom is 0.300 e. The summed E-state index contributed by atoms with van der Waals surface area (Å²) in [5, 5.41) is 20.9. The van der Waals surface area contributed by atoms with E-state index in [9.17, 15) is 19.8 Å². The van der Waals surface area contributed by atoms with E-state index in [1.54, 1.807) is 24.3 Å². The number of carbonyl (C=O) groups is 2. The number of phenolic OH excluding ortho intramolecular Hbond substituents is 1. The molecule has 32 heavy (non-hydrogen) atoms. The summed E-state index contributed by atoms with van der Waals surface area (Å²) >= 11 is 0. The highest BCUT2D eigenvalue weighted by atomic mass is 16.3. The van der Waals surface area contributed by atoms with Crippen LogP contribution in [0.4, 0.5) is 5.69 Å². The summed E-state index contributed by atoms with van der Waals surface area (Å²) in [6, 6.07) is 20.3. The number of benzene rings is 3. The molecule has 4 rings (SSSR count). The second-order valence-corrected chi connectivity index (χ2v) is 7.83. The Labute approximate surface area is 187 Å². The van der Waals surface area contributed by atoms with Crippen molar-refractivity contribution in [3.05, 3.63) is 101 Å². The minimum Gasteiger partial charge on any atom is -0.508 e. The van der Waals surface area contributed by atoms with Crippen molar-refractivity contribution in [2.75, 3.05) is 4.90 Å². The van der Waals surface area contributed by atoms with Crippen LogP contribution >= 0.6 is 0 Å². The quantitative estimate of drug-likeness (QED) is 0.336. The van der Waals surface area contributed by atoms with Gasteiger partial charge in [0.05, 0.1) is 11.6 Å². The molecule has 5 nitrogen and oxygen atoms in total. The number of aromatic hydroxyl groups is 1. The van der Waals surface area contributed by atoms with E-state index in [2.05, 4.69) is 0 Å². The number of aliphatic hydroxyl groups excluding tert-OH is 1.